The molecule has 0 saturated heterocycles. The third-order valence-corrected chi connectivity index (χ3v) is 5.87. The molecule has 0 saturated carbocycles. The molecule has 3 rings (SSSR count). The Kier molecular flexibility index (Phi) is 5.92. The number of nitrogens with one attached hydrogen (secondary N) is 1. The molecule has 1 heterocycles. The van der Waals surface area contributed by atoms with Crippen molar-refractivity contribution in [3.63, 3.8) is 0 Å². The Hall–Kier alpha value is -2.65. The number of anilines is 1. The van der Waals surface area contributed by atoms with Gasteiger partial charge in [-0.15, -0.1) is 11.3 Å². The SMILES string of the molecule is CCOc1ccc2nc(S[C@H](C)C(=O)Nc3ccccc3[N+](=O)[O-])sc2c1. The van der Waals surface area contributed by atoms with Crippen molar-refractivity contribution < 1.29 is 14.5 Å². The van der Waals surface area contributed by atoms with Crippen LogP contribution in [0.25, 0.3) is 10.2 Å². The van der Waals surface area contributed by atoms with E-state index in [1.54, 1.807) is 19.1 Å². The monoisotopic (exact) mass is 403 g/mol. The summed E-state index contributed by atoms with van der Waals surface area (Å²) in [7, 11) is 0. The molecule has 1 atom stereocenters. The molecule has 0 fully saturated rings. The largest absolute Gasteiger partial charge is 0.494 e. The number of hydrogen-bond donors (Lipinski definition) is 1. The summed E-state index contributed by atoms with van der Waals surface area (Å²) < 4.78 is 7.23. The number of nitrogens with zero attached hydrogens (tertiary/aromatic N) is 2. The Balaban J connectivity index is 1.71. The Bertz CT molecular complexity index is 990. The van der Waals surface area contributed by atoms with E-state index in [4.69, 9.17) is 4.74 Å². The average Bonchev–Trinajstić information content (AvgIpc) is 3.03. The first-order valence-electron chi connectivity index (χ1n) is 8.22. The number of para-hydroxylation sites is 2. The van der Waals surface area contributed by atoms with Crippen LogP contribution in [-0.2, 0) is 4.79 Å². The van der Waals surface area contributed by atoms with Gasteiger partial charge in [0.2, 0.25) is 5.91 Å². The number of benzene rings is 2. The Morgan fingerprint density at radius 1 is 1.37 bits per heavy atom. The zero-order valence-electron chi connectivity index (χ0n) is 14.7. The fraction of sp³-hybridized carbons (Fsp3) is 0.222. The summed E-state index contributed by atoms with van der Waals surface area (Å²) in [5.41, 5.74) is 0.898. The molecule has 27 heavy (non-hydrogen) atoms. The Morgan fingerprint density at radius 3 is 2.89 bits per heavy atom. The first kappa shape index (κ1) is 19.1. The van der Waals surface area contributed by atoms with Crippen molar-refractivity contribution in [3.05, 3.63) is 52.6 Å². The van der Waals surface area contributed by atoms with Crippen LogP contribution in [0.2, 0.25) is 0 Å². The fourth-order valence-corrected chi connectivity index (χ4v) is 4.61. The summed E-state index contributed by atoms with van der Waals surface area (Å²) in [5, 5.41) is 13.2. The van der Waals surface area contributed by atoms with Crippen LogP contribution < -0.4 is 10.1 Å². The Labute approximate surface area is 163 Å². The number of hydrogen-bond acceptors (Lipinski definition) is 7. The number of carbonyl (C=O) groups excluding carboxylic acids is 1. The lowest BCUT2D eigenvalue weighted by Crippen LogP contribution is -2.22. The van der Waals surface area contributed by atoms with Gasteiger partial charge in [0.15, 0.2) is 4.34 Å². The van der Waals surface area contributed by atoms with Gasteiger partial charge >= 0.3 is 0 Å². The molecule has 1 amide bonds. The summed E-state index contributed by atoms with van der Waals surface area (Å²) in [6.07, 6.45) is 0. The van der Waals surface area contributed by atoms with Gasteiger partial charge in [-0.1, -0.05) is 23.9 Å². The number of thiazole rings is 1. The minimum absolute atomic E-state index is 0.133. The molecule has 0 aliphatic carbocycles. The van der Waals surface area contributed by atoms with Gasteiger partial charge in [-0.25, -0.2) is 4.98 Å². The normalized spacial score (nSPS) is 11.9. The highest BCUT2D eigenvalue weighted by molar-refractivity contribution is 8.02. The van der Waals surface area contributed by atoms with Gasteiger partial charge < -0.3 is 10.1 Å². The molecule has 3 aromatic rings. The maximum Gasteiger partial charge on any atom is 0.292 e. The lowest BCUT2D eigenvalue weighted by molar-refractivity contribution is -0.383. The standard InChI is InChI=1S/C18H17N3O4S2/c1-3-25-12-8-9-14-16(10-12)27-18(20-14)26-11(2)17(22)19-13-6-4-5-7-15(13)21(23)24/h4-11H,3H2,1-2H3,(H,19,22)/t11-/m1/s1. The van der Waals surface area contributed by atoms with Crippen molar-refractivity contribution in [2.24, 2.45) is 0 Å². The van der Waals surface area contributed by atoms with E-state index in [0.717, 1.165) is 20.3 Å². The maximum atomic E-state index is 12.4. The van der Waals surface area contributed by atoms with Crippen LogP contribution in [0.5, 0.6) is 5.75 Å². The molecule has 7 nitrogen and oxygen atoms in total. The second kappa shape index (κ2) is 8.36. The molecular formula is C18H17N3O4S2. The van der Waals surface area contributed by atoms with Crippen LogP contribution >= 0.6 is 23.1 Å². The lowest BCUT2D eigenvalue weighted by atomic mass is 10.2. The second-order valence-electron chi connectivity index (χ2n) is 5.57. The Morgan fingerprint density at radius 2 is 2.15 bits per heavy atom. The highest BCUT2D eigenvalue weighted by Crippen LogP contribution is 2.34. The van der Waals surface area contributed by atoms with Crippen LogP contribution in [0.1, 0.15) is 13.8 Å². The van der Waals surface area contributed by atoms with Gasteiger partial charge in [-0.05, 0) is 38.1 Å². The minimum atomic E-state index is -0.517. The van der Waals surface area contributed by atoms with Crippen molar-refractivity contribution >= 4 is 50.6 Å². The van der Waals surface area contributed by atoms with E-state index in [2.05, 4.69) is 10.3 Å². The van der Waals surface area contributed by atoms with Crippen LogP contribution in [0, 0.1) is 10.1 Å². The van der Waals surface area contributed by atoms with E-state index in [0.29, 0.717) is 6.61 Å². The molecule has 1 N–H and O–H groups in total. The average molecular weight is 403 g/mol. The zero-order valence-corrected chi connectivity index (χ0v) is 16.3. The summed E-state index contributed by atoms with van der Waals surface area (Å²) in [6, 6.07) is 11.8. The number of carbonyl (C=O) groups is 1. The van der Waals surface area contributed by atoms with Crippen LogP contribution in [-0.4, -0.2) is 27.7 Å². The van der Waals surface area contributed by atoms with Crippen LogP contribution in [0.4, 0.5) is 11.4 Å². The van der Waals surface area contributed by atoms with E-state index in [1.807, 2.05) is 25.1 Å². The number of amides is 1. The van der Waals surface area contributed by atoms with E-state index in [-0.39, 0.29) is 17.3 Å². The number of fused-ring (bicyclic) bond motifs is 1. The molecule has 0 aliphatic rings. The van der Waals surface area contributed by atoms with E-state index >= 15 is 0 Å². The fourth-order valence-electron chi connectivity index (χ4n) is 2.37. The molecular weight excluding hydrogens is 386 g/mol. The molecule has 0 aliphatic heterocycles. The molecule has 1 aromatic heterocycles. The summed E-state index contributed by atoms with van der Waals surface area (Å²) in [5.74, 6) is 0.468. The number of nitro groups is 1. The molecule has 0 spiro atoms. The predicted molar refractivity (Wildman–Crippen MR) is 108 cm³/mol. The number of nitro benzene ring substituents is 1. The number of thioether (sulfide) groups is 1. The topological polar surface area (TPSA) is 94.4 Å². The van der Waals surface area contributed by atoms with Crippen molar-refractivity contribution in [2.75, 3.05) is 11.9 Å². The van der Waals surface area contributed by atoms with Crippen molar-refractivity contribution in [3.8, 4) is 5.75 Å². The lowest BCUT2D eigenvalue weighted by Gasteiger charge is -2.10. The van der Waals surface area contributed by atoms with Gasteiger partial charge in [0, 0.05) is 6.07 Å². The van der Waals surface area contributed by atoms with E-state index < -0.39 is 10.2 Å². The molecule has 0 radical (unpaired) electrons. The highest BCUT2D eigenvalue weighted by Gasteiger charge is 2.21. The zero-order chi connectivity index (χ0) is 19.4. The van der Waals surface area contributed by atoms with Crippen molar-refractivity contribution in [1.82, 2.24) is 4.98 Å². The predicted octanol–water partition coefficient (Wildman–Crippen LogP) is 4.72. The summed E-state index contributed by atoms with van der Waals surface area (Å²) in [6.45, 7) is 4.26. The molecule has 0 unspecified atom stereocenters. The van der Waals surface area contributed by atoms with Gasteiger partial charge in [0.05, 0.1) is 27.0 Å². The molecule has 140 valence electrons. The van der Waals surface area contributed by atoms with Gasteiger partial charge in [0.1, 0.15) is 11.4 Å². The van der Waals surface area contributed by atoms with E-state index in [1.165, 1.54) is 35.2 Å². The van der Waals surface area contributed by atoms with Gasteiger partial charge in [0.25, 0.3) is 5.69 Å². The molecule has 0 bridgehead atoms. The first-order valence-corrected chi connectivity index (χ1v) is 9.92. The smallest absolute Gasteiger partial charge is 0.292 e. The quantitative estimate of drug-likeness (QED) is 0.348. The first-order chi connectivity index (χ1) is 13.0. The number of ether oxygens (including phenoxy) is 1. The van der Waals surface area contributed by atoms with E-state index in [9.17, 15) is 14.9 Å². The summed E-state index contributed by atoms with van der Waals surface area (Å²) >= 11 is 2.80. The molecule has 9 heteroatoms. The number of aromatic nitrogens is 1. The highest BCUT2D eigenvalue weighted by atomic mass is 32.2. The van der Waals surface area contributed by atoms with Gasteiger partial charge in [-0.2, -0.15) is 0 Å². The van der Waals surface area contributed by atoms with Crippen molar-refractivity contribution in [2.45, 2.75) is 23.4 Å². The van der Waals surface area contributed by atoms with Gasteiger partial charge in [-0.3, -0.25) is 14.9 Å². The molecule has 2 aromatic carbocycles. The third kappa shape index (κ3) is 4.55. The second-order valence-corrected chi connectivity index (χ2v) is 8.18. The minimum Gasteiger partial charge on any atom is -0.494 e. The summed E-state index contributed by atoms with van der Waals surface area (Å²) in [4.78, 5) is 27.5. The third-order valence-electron chi connectivity index (χ3n) is 3.66. The van der Waals surface area contributed by atoms with Crippen LogP contribution in [0.15, 0.2) is 46.8 Å². The van der Waals surface area contributed by atoms with Crippen LogP contribution in [0.3, 0.4) is 0 Å². The maximum absolute atomic E-state index is 12.4. The number of rotatable bonds is 7. The van der Waals surface area contributed by atoms with Crippen molar-refractivity contribution in [1.29, 1.82) is 0 Å².